The van der Waals surface area contributed by atoms with E-state index in [9.17, 15) is 4.79 Å². The standard InChI is InChI=1S/C17H18O2/c1-3-17(13(2)18)14-9-11-16(12-10-14)19-15-7-5-4-6-8-15/h4-12,17H,3H2,1-2H3. The summed E-state index contributed by atoms with van der Waals surface area (Å²) in [6.45, 7) is 3.67. The highest BCUT2D eigenvalue weighted by Crippen LogP contribution is 2.25. The summed E-state index contributed by atoms with van der Waals surface area (Å²) in [5, 5.41) is 0. The van der Waals surface area contributed by atoms with Gasteiger partial charge in [0.1, 0.15) is 17.3 Å². The van der Waals surface area contributed by atoms with Crippen LogP contribution < -0.4 is 4.74 Å². The first-order valence-electron chi connectivity index (χ1n) is 6.54. The number of ether oxygens (including phenoxy) is 1. The van der Waals surface area contributed by atoms with Crippen molar-refractivity contribution in [3.63, 3.8) is 0 Å². The molecule has 0 N–H and O–H groups in total. The predicted octanol–water partition coefficient (Wildman–Crippen LogP) is 4.56. The van der Waals surface area contributed by atoms with E-state index in [0.29, 0.717) is 0 Å². The zero-order valence-electron chi connectivity index (χ0n) is 11.3. The Kier molecular flexibility index (Phi) is 4.35. The van der Waals surface area contributed by atoms with E-state index in [2.05, 4.69) is 0 Å². The molecule has 2 aromatic carbocycles. The Hall–Kier alpha value is -2.09. The van der Waals surface area contributed by atoms with E-state index in [1.165, 1.54) is 0 Å². The number of carbonyl (C=O) groups is 1. The van der Waals surface area contributed by atoms with Crippen LogP contribution in [0.2, 0.25) is 0 Å². The van der Waals surface area contributed by atoms with Gasteiger partial charge in [-0.05, 0) is 43.2 Å². The fraction of sp³-hybridized carbons (Fsp3) is 0.235. The molecule has 2 nitrogen and oxygen atoms in total. The Bertz CT molecular complexity index is 529. The van der Waals surface area contributed by atoms with Crippen LogP contribution in [0.1, 0.15) is 31.7 Å². The van der Waals surface area contributed by atoms with E-state index in [-0.39, 0.29) is 11.7 Å². The van der Waals surface area contributed by atoms with Crippen LogP contribution in [0.25, 0.3) is 0 Å². The second-order valence-corrected chi connectivity index (χ2v) is 4.56. The Morgan fingerprint density at radius 3 is 2.11 bits per heavy atom. The molecular weight excluding hydrogens is 236 g/mol. The van der Waals surface area contributed by atoms with Gasteiger partial charge in [0.25, 0.3) is 0 Å². The van der Waals surface area contributed by atoms with Crippen LogP contribution in [0.5, 0.6) is 11.5 Å². The van der Waals surface area contributed by atoms with E-state index in [1.54, 1.807) is 6.92 Å². The highest BCUT2D eigenvalue weighted by Gasteiger charge is 2.14. The van der Waals surface area contributed by atoms with Crippen molar-refractivity contribution in [1.29, 1.82) is 0 Å². The molecule has 0 saturated heterocycles. The summed E-state index contributed by atoms with van der Waals surface area (Å²) in [6.07, 6.45) is 0.828. The van der Waals surface area contributed by atoms with E-state index >= 15 is 0 Å². The summed E-state index contributed by atoms with van der Waals surface area (Å²) < 4.78 is 5.72. The molecule has 0 bridgehead atoms. The number of benzene rings is 2. The molecule has 2 heteroatoms. The maximum atomic E-state index is 11.5. The molecule has 1 unspecified atom stereocenters. The van der Waals surface area contributed by atoms with Crippen LogP contribution in [0.3, 0.4) is 0 Å². The predicted molar refractivity (Wildman–Crippen MR) is 76.7 cm³/mol. The molecule has 0 heterocycles. The fourth-order valence-electron chi connectivity index (χ4n) is 2.15. The first-order chi connectivity index (χ1) is 9.20. The number of para-hydroxylation sites is 1. The monoisotopic (exact) mass is 254 g/mol. The largest absolute Gasteiger partial charge is 0.457 e. The third-order valence-electron chi connectivity index (χ3n) is 3.16. The van der Waals surface area contributed by atoms with Gasteiger partial charge < -0.3 is 4.74 Å². The fourth-order valence-corrected chi connectivity index (χ4v) is 2.15. The average molecular weight is 254 g/mol. The number of rotatable bonds is 5. The van der Waals surface area contributed by atoms with Crippen LogP contribution >= 0.6 is 0 Å². The van der Waals surface area contributed by atoms with Crippen molar-refractivity contribution in [3.8, 4) is 11.5 Å². The topological polar surface area (TPSA) is 26.3 Å². The number of Topliss-reactive ketones (excluding diaryl/α,β-unsaturated/α-hetero) is 1. The lowest BCUT2D eigenvalue weighted by molar-refractivity contribution is -0.118. The summed E-state index contributed by atoms with van der Waals surface area (Å²) in [7, 11) is 0. The first kappa shape index (κ1) is 13.3. The van der Waals surface area contributed by atoms with Gasteiger partial charge in [-0.2, -0.15) is 0 Å². The van der Waals surface area contributed by atoms with Crippen molar-refractivity contribution >= 4 is 5.78 Å². The maximum Gasteiger partial charge on any atom is 0.137 e. The molecule has 0 radical (unpaired) electrons. The summed E-state index contributed by atoms with van der Waals surface area (Å²) in [5.41, 5.74) is 1.05. The third-order valence-corrected chi connectivity index (χ3v) is 3.16. The summed E-state index contributed by atoms with van der Waals surface area (Å²) >= 11 is 0. The van der Waals surface area contributed by atoms with Crippen LogP contribution in [0.15, 0.2) is 54.6 Å². The Labute approximate surface area is 114 Å². The molecular formula is C17H18O2. The molecule has 0 aliphatic heterocycles. The number of carbonyl (C=O) groups excluding carboxylic acids is 1. The Morgan fingerprint density at radius 1 is 1.00 bits per heavy atom. The number of hydrogen-bond acceptors (Lipinski definition) is 2. The second kappa shape index (κ2) is 6.19. The van der Waals surface area contributed by atoms with Crippen molar-refractivity contribution in [1.82, 2.24) is 0 Å². The van der Waals surface area contributed by atoms with Crippen LogP contribution in [-0.2, 0) is 4.79 Å². The molecule has 0 saturated carbocycles. The van der Waals surface area contributed by atoms with E-state index in [1.807, 2.05) is 61.5 Å². The van der Waals surface area contributed by atoms with Gasteiger partial charge in [0.2, 0.25) is 0 Å². The maximum absolute atomic E-state index is 11.5. The van der Waals surface area contributed by atoms with Crippen molar-refractivity contribution in [2.45, 2.75) is 26.2 Å². The summed E-state index contributed by atoms with van der Waals surface area (Å²) in [6, 6.07) is 17.4. The molecule has 2 aromatic rings. The molecule has 0 aliphatic rings. The molecule has 0 aliphatic carbocycles. The Balaban J connectivity index is 2.12. The van der Waals surface area contributed by atoms with Gasteiger partial charge in [-0.15, -0.1) is 0 Å². The average Bonchev–Trinajstić information content (AvgIpc) is 2.42. The second-order valence-electron chi connectivity index (χ2n) is 4.56. The van der Waals surface area contributed by atoms with Gasteiger partial charge in [0, 0.05) is 5.92 Å². The minimum atomic E-state index is -0.00854. The van der Waals surface area contributed by atoms with Crippen molar-refractivity contribution in [3.05, 3.63) is 60.2 Å². The van der Waals surface area contributed by atoms with Gasteiger partial charge in [-0.25, -0.2) is 0 Å². The normalized spacial score (nSPS) is 11.9. The summed E-state index contributed by atoms with van der Waals surface area (Å²) in [4.78, 5) is 11.5. The number of ketones is 1. The zero-order chi connectivity index (χ0) is 13.7. The Morgan fingerprint density at radius 2 is 1.58 bits per heavy atom. The summed E-state index contributed by atoms with van der Waals surface area (Å²) in [5.74, 6) is 1.80. The number of hydrogen-bond donors (Lipinski definition) is 0. The molecule has 2 rings (SSSR count). The molecule has 19 heavy (non-hydrogen) atoms. The van der Waals surface area contributed by atoms with E-state index in [0.717, 1.165) is 23.5 Å². The molecule has 0 amide bonds. The molecule has 0 aromatic heterocycles. The lowest BCUT2D eigenvalue weighted by Gasteiger charge is -2.12. The van der Waals surface area contributed by atoms with Crippen LogP contribution in [0.4, 0.5) is 0 Å². The SMILES string of the molecule is CCC(C(C)=O)c1ccc(Oc2ccccc2)cc1. The first-order valence-corrected chi connectivity index (χ1v) is 6.54. The van der Waals surface area contributed by atoms with Gasteiger partial charge in [-0.3, -0.25) is 4.79 Å². The quantitative estimate of drug-likeness (QED) is 0.781. The van der Waals surface area contributed by atoms with Gasteiger partial charge in [0.15, 0.2) is 0 Å². The lowest BCUT2D eigenvalue weighted by Crippen LogP contribution is -2.07. The van der Waals surface area contributed by atoms with Crippen LogP contribution in [-0.4, -0.2) is 5.78 Å². The highest BCUT2D eigenvalue weighted by molar-refractivity contribution is 5.83. The van der Waals surface area contributed by atoms with E-state index < -0.39 is 0 Å². The van der Waals surface area contributed by atoms with Gasteiger partial charge >= 0.3 is 0 Å². The van der Waals surface area contributed by atoms with Crippen LogP contribution in [0, 0.1) is 0 Å². The van der Waals surface area contributed by atoms with Crippen molar-refractivity contribution < 1.29 is 9.53 Å². The van der Waals surface area contributed by atoms with Gasteiger partial charge in [0.05, 0.1) is 0 Å². The smallest absolute Gasteiger partial charge is 0.137 e. The minimum Gasteiger partial charge on any atom is -0.457 e. The van der Waals surface area contributed by atoms with Crippen molar-refractivity contribution in [2.24, 2.45) is 0 Å². The molecule has 1 atom stereocenters. The van der Waals surface area contributed by atoms with Crippen molar-refractivity contribution in [2.75, 3.05) is 0 Å². The third kappa shape index (κ3) is 3.44. The zero-order valence-corrected chi connectivity index (χ0v) is 11.3. The molecule has 0 fully saturated rings. The van der Waals surface area contributed by atoms with E-state index in [4.69, 9.17) is 4.74 Å². The molecule has 98 valence electrons. The molecule has 0 spiro atoms. The minimum absolute atomic E-state index is 0.00854. The lowest BCUT2D eigenvalue weighted by atomic mass is 9.93. The highest BCUT2D eigenvalue weighted by atomic mass is 16.5. The van der Waals surface area contributed by atoms with Gasteiger partial charge in [-0.1, -0.05) is 37.3 Å².